The van der Waals surface area contributed by atoms with Crippen molar-refractivity contribution in [2.75, 3.05) is 26.2 Å². The summed E-state index contributed by atoms with van der Waals surface area (Å²) in [5, 5.41) is 28.4. The summed E-state index contributed by atoms with van der Waals surface area (Å²) in [5.41, 5.74) is 7.37. The maximum atomic E-state index is 13.8. The molecule has 0 atom stereocenters. The normalized spacial score (nSPS) is 16.6. The van der Waals surface area contributed by atoms with Crippen LogP contribution in [0.3, 0.4) is 0 Å². The minimum Gasteiger partial charge on any atom is -0.481 e. The highest BCUT2D eigenvalue weighted by molar-refractivity contribution is 15.0. The number of oxime groups is 2. The minimum absolute atomic E-state index is 0. The van der Waals surface area contributed by atoms with Gasteiger partial charge in [0, 0.05) is 75.5 Å². The second kappa shape index (κ2) is 33.9. The number of nitrogens with zero attached hydrogens (tertiary/aromatic N) is 3. The molecule has 11 nitrogen and oxygen atoms in total. The van der Waals surface area contributed by atoms with Crippen molar-refractivity contribution in [2.45, 2.75) is 156 Å². The first-order valence-corrected chi connectivity index (χ1v) is 32.5. The average molecular weight is 1450 g/mol. The first kappa shape index (κ1) is 69.4. The quantitative estimate of drug-likeness (QED) is 0.0309. The van der Waals surface area contributed by atoms with Crippen LogP contribution in [-0.2, 0) is 64.2 Å². The lowest BCUT2D eigenvalue weighted by atomic mass is 9.81. The van der Waals surface area contributed by atoms with Crippen molar-refractivity contribution in [1.29, 1.82) is 0 Å². The highest BCUT2D eigenvalue weighted by Crippen LogP contribution is 2.43. The molecule has 2 heterocycles. The van der Waals surface area contributed by atoms with E-state index in [1.54, 1.807) is 43.3 Å². The van der Waals surface area contributed by atoms with Crippen LogP contribution in [0.5, 0.6) is 0 Å². The molecule has 4 fully saturated rings. The van der Waals surface area contributed by atoms with Gasteiger partial charge in [0.2, 0.25) is 0 Å². The second-order valence-corrected chi connectivity index (χ2v) is 20.1. The number of hydrogen-bond donors (Lipinski definition) is 3. The molecule has 8 rings (SSSR count). The number of nitrogens with one attached hydrogen (secondary N) is 1. The van der Waals surface area contributed by atoms with Gasteiger partial charge in [-0.15, -0.1) is 24.0 Å². The fourth-order valence-corrected chi connectivity index (χ4v) is 10.1. The number of aryl methyl sites for hydroxylation is 2. The van der Waals surface area contributed by atoms with Gasteiger partial charge in [0.15, 0.2) is 0 Å². The number of alkyl halides is 6. The summed E-state index contributed by atoms with van der Waals surface area (Å²) >= 11 is 4.24. The molecule has 0 spiro atoms. The van der Waals surface area contributed by atoms with E-state index in [-0.39, 0.29) is 68.3 Å². The first-order chi connectivity index (χ1) is 36.8. The van der Waals surface area contributed by atoms with Gasteiger partial charge in [-0.1, -0.05) is 119 Å². The number of hydrogen-bond acceptors (Lipinski definition) is 9. The summed E-state index contributed by atoms with van der Waals surface area (Å²) < 4.78 is 82.6. The SMILES string of the molecule is C.CCc1cc(/C(C)=N/OCc2ccc(C3CCCCC3)c(C(F)(F)F)c2)ccc1C=O.CCc1cc(/C(C)=N/OCc2ccc(C3CCCCC3)c(C(F)(F)F)c2)ccc1CN1CC(C(=O)O)C1.I.II.O=C(O)C1CNC1. The summed E-state index contributed by atoms with van der Waals surface area (Å²) in [5.74, 6) is -1.88. The molecular formula is C59H75F6I3N4O7. The third kappa shape index (κ3) is 20.8. The van der Waals surface area contributed by atoms with Crippen molar-refractivity contribution < 1.29 is 60.6 Å². The fourth-order valence-electron chi connectivity index (χ4n) is 10.1. The summed E-state index contributed by atoms with van der Waals surface area (Å²) in [6.07, 6.45) is 2.90. The number of likely N-dealkylation sites (tertiary alicyclic amines) is 1. The third-order valence-corrected chi connectivity index (χ3v) is 14.7. The molecule has 20 heteroatoms. The molecule has 2 aliphatic heterocycles. The van der Waals surface area contributed by atoms with Crippen LogP contribution in [-0.4, -0.2) is 70.9 Å². The maximum absolute atomic E-state index is 13.8. The smallest absolute Gasteiger partial charge is 0.416 e. The van der Waals surface area contributed by atoms with Gasteiger partial charge in [-0.2, -0.15) is 26.3 Å². The zero-order chi connectivity index (χ0) is 56.3. The van der Waals surface area contributed by atoms with Crippen LogP contribution >= 0.6 is 61.2 Å². The summed E-state index contributed by atoms with van der Waals surface area (Å²) in [6, 6.07) is 20.5. The van der Waals surface area contributed by atoms with Crippen LogP contribution in [0.25, 0.3) is 0 Å². The lowest BCUT2D eigenvalue weighted by molar-refractivity contribution is -0.148. The van der Waals surface area contributed by atoms with Crippen molar-refractivity contribution in [3.63, 3.8) is 0 Å². The Morgan fingerprint density at radius 3 is 1.44 bits per heavy atom. The largest absolute Gasteiger partial charge is 0.481 e. The third-order valence-electron chi connectivity index (χ3n) is 14.7. The van der Waals surface area contributed by atoms with E-state index < -0.39 is 35.4 Å². The molecule has 79 heavy (non-hydrogen) atoms. The monoisotopic (exact) mass is 1450 g/mol. The van der Waals surface area contributed by atoms with Gasteiger partial charge < -0.3 is 25.2 Å². The highest BCUT2D eigenvalue weighted by atomic mass is 128. The standard InChI is InChI=1S/C29H35F3N2O3.C25H28F3NO2.C4H7NO2.CH4.I2.HI/c1-3-21-14-23(10-11-24(21)15-34-16-25(17-34)28(35)36)19(2)33-37-18-20-9-12-26(22-7-5-4-6-8-22)27(13-20)29(30,31)32;1-3-19-14-21(10-11-22(19)15-30)17(2)29-31-16-18-9-12-23(20-7-5-4-6-8-20)24(13-18)25(26,27)28;6-4(7)3-1-5-2-3;;1-2;/h9-14,22,25H,3-8,15-18H2,1-2H3,(H,35,36);9-15,20H,3-8,16H2,1-2H3;3,5H,1-2H2,(H,6,7);1H4;;1H/b33-19+;29-17+;;;;. The van der Waals surface area contributed by atoms with Gasteiger partial charge in [0.1, 0.15) is 19.5 Å². The van der Waals surface area contributed by atoms with Crippen LogP contribution in [0, 0.1) is 11.8 Å². The topological polar surface area (TPSA) is 150 Å². The Bertz CT molecular complexity index is 2650. The molecule has 2 aliphatic carbocycles. The second-order valence-electron chi connectivity index (χ2n) is 20.1. The number of halogens is 9. The van der Waals surface area contributed by atoms with Gasteiger partial charge in [0.05, 0.1) is 34.4 Å². The van der Waals surface area contributed by atoms with Gasteiger partial charge in [0.25, 0.3) is 0 Å². The molecule has 2 saturated carbocycles. The van der Waals surface area contributed by atoms with Crippen molar-refractivity contribution in [3.05, 3.63) is 140 Å². The molecule has 2 saturated heterocycles. The Hall–Kier alpha value is -3.88. The molecule has 4 aliphatic rings. The molecule has 3 N–H and O–H groups in total. The number of carboxylic acid groups (broad SMARTS) is 2. The van der Waals surface area contributed by atoms with Gasteiger partial charge in [-0.25, -0.2) is 0 Å². The summed E-state index contributed by atoms with van der Waals surface area (Å²) in [7, 11) is 0. The molecule has 0 amide bonds. The molecule has 0 unspecified atom stereocenters. The molecule has 0 aromatic heterocycles. The van der Waals surface area contributed by atoms with E-state index in [9.17, 15) is 40.7 Å². The van der Waals surface area contributed by atoms with E-state index in [1.807, 2.05) is 38.1 Å². The lowest BCUT2D eigenvalue weighted by Gasteiger charge is -2.37. The predicted molar refractivity (Wildman–Crippen MR) is 326 cm³/mol. The molecular weight excluding hydrogens is 1370 g/mol. The van der Waals surface area contributed by atoms with Crippen LogP contribution < -0.4 is 5.32 Å². The number of rotatable bonds is 17. The van der Waals surface area contributed by atoms with Crippen molar-refractivity contribution in [2.24, 2.45) is 22.1 Å². The number of aldehydes is 1. The van der Waals surface area contributed by atoms with Gasteiger partial charge in [-0.05, 0) is 139 Å². The van der Waals surface area contributed by atoms with Crippen LogP contribution in [0.4, 0.5) is 26.3 Å². The summed E-state index contributed by atoms with van der Waals surface area (Å²) in [6.45, 7) is 10.7. The van der Waals surface area contributed by atoms with Crippen molar-refractivity contribution in [1.82, 2.24) is 10.2 Å². The van der Waals surface area contributed by atoms with Crippen LogP contribution in [0.1, 0.15) is 183 Å². The first-order valence-electron chi connectivity index (χ1n) is 26.3. The molecule has 4 aromatic rings. The molecule has 4 aromatic carbocycles. The maximum Gasteiger partial charge on any atom is 0.416 e. The lowest BCUT2D eigenvalue weighted by Crippen LogP contribution is -2.49. The number of aliphatic carboxylic acids is 2. The zero-order valence-electron chi connectivity index (χ0n) is 44.5. The van der Waals surface area contributed by atoms with E-state index in [4.69, 9.17) is 19.9 Å². The molecule has 436 valence electrons. The van der Waals surface area contributed by atoms with Crippen LogP contribution in [0.2, 0.25) is 0 Å². The fraction of sp³-hybridized carbons (Fsp3) is 0.508. The van der Waals surface area contributed by atoms with E-state index in [2.05, 4.69) is 64.7 Å². The molecule has 0 radical (unpaired) electrons. The molecule has 0 bridgehead atoms. The van der Waals surface area contributed by atoms with Crippen LogP contribution in [0.15, 0.2) is 83.1 Å². The predicted octanol–water partition coefficient (Wildman–Crippen LogP) is 16.2. The van der Waals surface area contributed by atoms with Gasteiger partial charge >= 0.3 is 24.3 Å². The summed E-state index contributed by atoms with van der Waals surface area (Å²) in [4.78, 5) is 45.0. The Morgan fingerprint density at radius 2 is 1.08 bits per heavy atom. The Morgan fingerprint density at radius 1 is 0.646 bits per heavy atom. The van der Waals surface area contributed by atoms with E-state index in [1.165, 1.54) is 12.1 Å². The minimum atomic E-state index is -4.40. The van der Waals surface area contributed by atoms with Crippen molar-refractivity contribution in [3.8, 4) is 0 Å². The van der Waals surface area contributed by atoms with Crippen molar-refractivity contribution >= 4 is 90.9 Å². The Kier molecular flexibility index (Phi) is 29.8. The Balaban J connectivity index is 0.000000354. The van der Waals surface area contributed by atoms with Gasteiger partial charge in [-0.3, -0.25) is 19.3 Å². The zero-order valence-corrected chi connectivity index (χ0v) is 51.1. The number of benzene rings is 4. The van der Waals surface area contributed by atoms with E-state index in [0.717, 1.165) is 105 Å². The highest BCUT2D eigenvalue weighted by Gasteiger charge is 2.37. The Labute approximate surface area is 501 Å². The average Bonchev–Trinajstić information content (AvgIpc) is 3.39. The number of carboxylic acids is 2. The van der Waals surface area contributed by atoms with E-state index >= 15 is 0 Å². The van der Waals surface area contributed by atoms with E-state index in [0.29, 0.717) is 78.4 Å². The number of carbonyl (C=O) groups excluding carboxylic acids is 1. The number of carbonyl (C=O) groups is 3.